The number of nitrogens with zero attached hydrogens (tertiary/aromatic N) is 2. The summed E-state index contributed by atoms with van der Waals surface area (Å²) in [4.78, 5) is 15.0. The van der Waals surface area contributed by atoms with Gasteiger partial charge in [0.25, 0.3) is 5.69 Å². The number of rotatable bonds is 2. The molecule has 0 saturated carbocycles. The second-order valence-electron chi connectivity index (χ2n) is 5.28. The zero-order valence-corrected chi connectivity index (χ0v) is 12.5. The molecule has 122 valence electrons. The Balaban J connectivity index is 2.34. The number of pyridine rings is 1. The quantitative estimate of drug-likeness (QED) is 0.482. The molecule has 4 nitrogen and oxygen atoms in total. The Hall–Kier alpha value is -2.96. The highest BCUT2D eigenvalue weighted by atomic mass is 19.4. The monoisotopic (exact) mass is 332 g/mol. The molecule has 0 fully saturated rings. The van der Waals surface area contributed by atoms with Gasteiger partial charge < -0.3 is 0 Å². The summed E-state index contributed by atoms with van der Waals surface area (Å²) in [6, 6.07) is 11.7. The van der Waals surface area contributed by atoms with Crippen molar-refractivity contribution in [2.45, 2.75) is 13.1 Å². The molecule has 24 heavy (non-hydrogen) atoms. The van der Waals surface area contributed by atoms with E-state index in [4.69, 9.17) is 0 Å². The fourth-order valence-corrected chi connectivity index (χ4v) is 2.64. The molecular formula is C17H11F3N2O2. The molecule has 0 unspecified atom stereocenters. The van der Waals surface area contributed by atoms with Gasteiger partial charge in [-0.2, -0.15) is 13.2 Å². The zero-order chi connectivity index (χ0) is 17.5. The van der Waals surface area contributed by atoms with Gasteiger partial charge in [0, 0.05) is 17.0 Å². The van der Waals surface area contributed by atoms with Crippen LogP contribution in [-0.4, -0.2) is 9.91 Å². The topological polar surface area (TPSA) is 56.0 Å². The van der Waals surface area contributed by atoms with Crippen LogP contribution >= 0.6 is 0 Å². The number of para-hydroxylation sites is 1. The molecule has 0 spiro atoms. The maximum absolute atomic E-state index is 13.1. The summed E-state index contributed by atoms with van der Waals surface area (Å²) in [6.07, 6.45) is -4.54. The summed E-state index contributed by atoms with van der Waals surface area (Å²) in [5, 5.41) is 11.9. The Bertz CT molecular complexity index is 952. The van der Waals surface area contributed by atoms with Crippen LogP contribution in [0.1, 0.15) is 11.1 Å². The van der Waals surface area contributed by atoms with Crippen molar-refractivity contribution in [3.63, 3.8) is 0 Å². The average Bonchev–Trinajstić information content (AvgIpc) is 2.52. The summed E-state index contributed by atoms with van der Waals surface area (Å²) >= 11 is 0. The molecule has 0 aliphatic rings. The van der Waals surface area contributed by atoms with E-state index in [0.717, 1.165) is 6.07 Å². The van der Waals surface area contributed by atoms with Gasteiger partial charge in [0.15, 0.2) is 0 Å². The fourth-order valence-electron chi connectivity index (χ4n) is 2.64. The van der Waals surface area contributed by atoms with Crippen LogP contribution in [0.4, 0.5) is 18.9 Å². The maximum Gasteiger partial charge on any atom is 0.416 e. The minimum atomic E-state index is -4.54. The molecule has 0 N–H and O–H groups in total. The second-order valence-corrected chi connectivity index (χ2v) is 5.28. The molecule has 1 heterocycles. The van der Waals surface area contributed by atoms with Gasteiger partial charge in [-0.1, -0.05) is 30.3 Å². The predicted molar refractivity (Wildman–Crippen MR) is 83.6 cm³/mol. The molecule has 7 heteroatoms. The molecule has 0 aliphatic heterocycles. The Kier molecular flexibility index (Phi) is 3.71. The van der Waals surface area contributed by atoms with Crippen molar-refractivity contribution in [3.05, 3.63) is 69.8 Å². The van der Waals surface area contributed by atoms with E-state index < -0.39 is 16.7 Å². The molecule has 0 atom stereocenters. The van der Waals surface area contributed by atoms with E-state index >= 15 is 0 Å². The summed E-state index contributed by atoms with van der Waals surface area (Å²) in [6.45, 7) is 1.29. The van der Waals surface area contributed by atoms with E-state index in [2.05, 4.69) is 4.98 Å². The number of fused-ring (bicyclic) bond motifs is 1. The molecule has 2 aromatic carbocycles. The Morgan fingerprint density at radius 2 is 1.79 bits per heavy atom. The third-order valence-corrected chi connectivity index (χ3v) is 3.79. The van der Waals surface area contributed by atoms with Crippen LogP contribution in [-0.2, 0) is 6.18 Å². The number of hydrogen-bond donors (Lipinski definition) is 0. The standard InChI is InChI=1S/C17H11F3N2O2/c1-10-12(6-4-7-13(10)17(18,19)20)16-15(22(23)24)9-11-5-2-3-8-14(11)21-16/h2-9H,1H3. The minimum absolute atomic E-state index is 0.0673. The van der Waals surface area contributed by atoms with Crippen LogP contribution < -0.4 is 0 Å². The number of benzene rings is 2. The second kappa shape index (κ2) is 5.59. The molecule has 1 aromatic heterocycles. The maximum atomic E-state index is 13.1. The molecule has 3 rings (SSSR count). The lowest BCUT2D eigenvalue weighted by atomic mass is 9.98. The van der Waals surface area contributed by atoms with E-state index in [-0.39, 0.29) is 22.5 Å². The van der Waals surface area contributed by atoms with Crippen LogP contribution in [0.25, 0.3) is 22.2 Å². The smallest absolute Gasteiger partial charge is 0.258 e. The van der Waals surface area contributed by atoms with Crippen molar-refractivity contribution < 1.29 is 18.1 Å². The number of aromatic nitrogens is 1. The zero-order valence-electron chi connectivity index (χ0n) is 12.5. The van der Waals surface area contributed by atoms with Crippen LogP contribution in [0.15, 0.2) is 48.5 Å². The third kappa shape index (κ3) is 2.68. The Morgan fingerprint density at radius 3 is 2.46 bits per heavy atom. The van der Waals surface area contributed by atoms with Crippen LogP contribution in [0.5, 0.6) is 0 Å². The lowest BCUT2D eigenvalue weighted by Crippen LogP contribution is -2.08. The first-order chi connectivity index (χ1) is 11.3. The largest absolute Gasteiger partial charge is 0.416 e. The molecular weight excluding hydrogens is 321 g/mol. The highest BCUT2D eigenvalue weighted by Gasteiger charge is 2.34. The number of alkyl halides is 3. The number of halogens is 3. The van der Waals surface area contributed by atoms with Gasteiger partial charge in [0.1, 0.15) is 5.69 Å². The van der Waals surface area contributed by atoms with Crippen LogP contribution in [0.2, 0.25) is 0 Å². The van der Waals surface area contributed by atoms with E-state index in [9.17, 15) is 23.3 Å². The Labute approximate surface area is 134 Å². The molecule has 0 aliphatic carbocycles. The van der Waals surface area contributed by atoms with E-state index in [1.54, 1.807) is 24.3 Å². The molecule has 0 saturated heterocycles. The van der Waals surface area contributed by atoms with Crippen molar-refractivity contribution in [2.24, 2.45) is 0 Å². The number of hydrogen-bond acceptors (Lipinski definition) is 3. The third-order valence-electron chi connectivity index (χ3n) is 3.79. The average molecular weight is 332 g/mol. The first-order valence-corrected chi connectivity index (χ1v) is 7.00. The first-order valence-electron chi connectivity index (χ1n) is 7.00. The number of nitro groups is 1. The van der Waals surface area contributed by atoms with Crippen molar-refractivity contribution in [3.8, 4) is 11.3 Å². The highest BCUT2D eigenvalue weighted by molar-refractivity contribution is 5.87. The fraction of sp³-hybridized carbons (Fsp3) is 0.118. The van der Waals surface area contributed by atoms with Gasteiger partial charge in [-0.05, 0) is 24.6 Å². The normalized spacial score (nSPS) is 11.7. The summed E-state index contributed by atoms with van der Waals surface area (Å²) in [5.41, 5.74) is -0.726. The SMILES string of the molecule is Cc1c(-c2nc3ccccc3cc2[N+](=O)[O-])cccc1C(F)(F)F. The molecule has 3 aromatic rings. The summed E-state index contributed by atoms with van der Waals surface area (Å²) < 4.78 is 39.3. The van der Waals surface area contributed by atoms with E-state index in [1.165, 1.54) is 25.1 Å². The van der Waals surface area contributed by atoms with Crippen molar-refractivity contribution >= 4 is 16.6 Å². The van der Waals surface area contributed by atoms with Gasteiger partial charge in [-0.25, -0.2) is 4.98 Å². The molecule has 0 radical (unpaired) electrons. The molecule has 0 bridgehead atoms. The summed E-state index contributed by atoms with van der Waals surface area (Å²) in [7, 11) is 0. The minimum Gasteiger partial charge on any atom is -0.258 e. The van der Waals surface area contributed by atoms with Gasteiger partial charge in [0.2, 0.25) is 0 Å². The van der Waals surface area contributed by atoms with E-state index in [1.807, 2.05) is 0 Å². The van der Waals surface area contributed by atoms with Crippen molar-refractivity contribution in [1.82, 2.24) is 4.98 Å². The highest BCUT2D eigenvalue weighted by Crippen LogP contribution is 2.38. The lowest BCUT2D eigenvalue weighted by molar-refractivity contribution is -0.384. The molecule has 0 amide bonds. The van der Waals surface area contributed by atoms with Gasteiger partial charge >= 0.3 is 6.18 Å². The van der Waals surface area contributed by atoms with Gasteiger partial charge in [0.05, 0.1) is 16.0 Å². The van der Waals surface area contributed by atoms with Crippen LogP contribution in [0.3, 0.4) is 0 Å². The Morgan fingerprint density at radius 1 is 1.08 bits per heavy atom. The predicted octanol–water partition coefficient (Wildman–Crippen LogP) is 5.14. The van der Waals surface area contributed by atoms with Crippen molar-refractivity contribution in [2.75, 3.05) is 0 Å². The summed E-state index contributed by atoms with van der Waals surface area (Å²) in [5.74, 6) is 0. The van der Waals surface area contributed by atoms with Gasteiger partial charge in [-0.15, -0.1) is 0 Å². The van der Waals surface area contributed by atoms with Gasteiger partial charge in [-0.3, -0.25) is 10.1 Å². The van der Waals surface area contributed by atoms with E-state index in [0.29, 0.717) is 10.9 Å². The van der Waals surface area contributed by atoms with Crippen molar-refractivity contribution in [1.29, 1.82) is 0 Å². The lowest BCUT2D eigenvalue weighted by Gasteiger charge is -2.14. The first kappa shape index (κ1) is 15.9. The van der Waals surface area contributed by atoms with Crippen LogP contribution in [0, 0.1) is 17.0 Å².